The van der Waals surface area contributed by atoms with Crippen molar-refractivity contribution in [2.45, 2.75) is 33.4 Å². The summed E-state index contributed by atoms with van der Waals surface area (Å²) >= 11 is 0. The van der Waals surface area contributed by atoms with Crippen LogP contribution in [-0.4, -0.2) is 25.8 Å². The number of hydrogen-bond acceptors (Lipinski definition) is 3. The molecule has 0 aromatic heterocycles. The fourth-order valence-corrected chi connectivity index (χ4v) is 1.81. The monoisotopic (exact) mass is 405 g/mol. The first-order chi connectivity index (χ1) is 9.60. The van der Waals surface area contributed by atoms with Crippen LogP contribution in [0.5, 0.6) is 11.5 Å². The lowest BCUT2D eigenvalue weighted by Crippen LogP contribution is -2.43. The minimum atomic E-state index is 0. The fourth-order valence-electron chi connectivity index (χ4n) is 1.81. The van der Waals surface area contributed by atoms with Gasteiger partial charge < -0.3 is 20.1 Å². The molecule has 0 saturated carbocycles. The van der Waals surface area contributed by atoms with E-state index in [1.54, 1.807) is 7.05 Å². The third-order valence-corrected chi connectivity index (χ3v) is 3.48. The molecule has 1 aliphatic heterocycles. The molecule has 21 heavy (non-hydrogen) atoms. The Labute approximate surface area is 143 Å². The predicted octanol–water partition coefficient (Wildman–Crippen LogP) is 2.74. The number of benzene rings is 1. The molecule has 2 rings (SSSR count). The van der Waals surface area contributed by atoms with Gasteiger partial charge in [0.2, 0.25) is 6.79 Å². The average molecular weight is 405 g/mol. The van der Waals surface area contributed by atoms with Crippen LogP contribution in [0.4, 0.5) is 0 Å². The van der Waals surface area contributed by atoms with E-state index < -0.39 is 0 Å². The number of fused-ring (bicyclic) bond motifs is 1. The van der Waals surface area contributed by atoms with Gasteiger partial charge in [0.1, 0.15) is 0 Å². The van der Waals surface area contributed by atoms with Crippen LogP contribution in [0.2, 0.25) is 0 Å². The minimum absolute atomic E-state index is 0. The number of rotatable bonds is 4. The van der Waals surface area contributed by atoms with Gasteiger partial charge in [-0.3, -0.25) is 4.99 Å². The summed E-state index contributed by atoms with van der Waals surface area (Å²) in [5.41, 5.74) is 1.13. The van der Waals surface area contributed by atoms with Gasteiger partial charge >= 0.3 is 0 Å². The molecule has 0 saturated heterocycles. The maximum Gasteiger partial charge on any atom is 0.231 e. The van der Waals surface area contributed by atoms with E-state index in [-0.39, 0.29) is 24.0 Å². The molecule has 0 spiro atoms. The third kappa shape index (κ3) is 4.94. The molecule has 1 atom stereocenters. The summed E-state index contributed by atoms with van der Waals surface area (Å²) in [6, 6.07) is 6.33. The topological polar surface area (TPSA) is 54.9 Å². The Morgan fingerprint density at radius 3 is 2.62 bits per heavy atom. The van der Waals surface area contributed by atoms with Crippen molar-refractivity contribution in [3.63, 3.8) is 0 Å². The van der Waals surface area contributed by atoms with E-state index in [0.717, 1.165) is 23.0 Å². The molecule has 1 unspecified atom stereocenters. The summed E-state index contributed by atoms with van der Waals surface area (Å²) < 4.78 is 10.7. The second-order valence-corrected chi connectivity index (χ2v) is 5.29. The molecule has 2 N–H and O–H groups in total. The summed E-state index contributed by atoms with van der Waals surface area (Å²) in [5, 5.41) is 6.68. The van der Waals surface area contributed by atoms with Crippen LogP contribution in [0.3, 0.4) is 0 Å². The van der Waals surface area contributed by atoms with E-state index in [4.69, 9.17) is 9.47 Å². The SMILES string of the molecule is CN=C(NCc1ccc2c(c1)OCO2)NC(C)C(C)C.I. The molecule has 1 aromatic carbocycles. The summed E-state index contributed by atoms with van der Waals surface area (Å²) in [5.74, 6) is 2.98. The molecular formula is C15H24IN3O2. The van der Waals surface area contributed by atoms with Crippen molar-refractivity contribution in [2.75, 3.05) is 13.8 Å². The molecule has 0 bridgehead atoms. The first-order valence-electron chi connectivity index (χ1n) is 6.96. The van der Waals surface area contributed by atoms with Crippen molar-refractivity contribution in [1.82, 2.24) is 10.6 Å². The highest BCUT2D eigenvalue weighted by Crippen LogP contribution is 2.32. The third-order valence-electron chi connectivity index (χ3n) is 3.48. The van der Waals surface area contributed by atoms with Crippen LogP contribution in [0.1, 0.15) is 26.3 Å². The van der Waals surface area contributed by atoms with Crippen LogP contribution in [-0.2, 0) is 6.54 Å². The smallest absolute Gasteiger partial charge is 0.231 e. The minimum Gasteiger partial charge on any atom is -0.454 e. The van der Waals surface area contributed by atoms with Crippen LogP contribution in [0.15, 0.2) is 23.2 Å². The second-order valence-electron chi connectivity index (χ2n) is 5.29. The zero-order valence-electron chi connectivity index (χ0n) is 13.0. The quantitative estimate of drug-likeness (QED) is 0.460. The molecule has 0 radical (unpaired) electrons. The standard InChI is InChI=1S/C15H23N3O2.HI/c1-10(2)11(3)18-15(16-4)17-8-12-5-6-13-14(7-12)20-9-19-13;/h5-7,10-11H,8-9H2,1-4H3,(H2,16,17,18);1H. The van der Waals surface area contributed by atoms with Crippen molar-refractivity contribution in [2.24, 2.45) is 10.9 Å². The lowest BCUT2D eigenvalue weighted by Gasteiger charge is -2.20. The number of guanidine groups is 1. The van der Waals surface area contributed by atoms with Crippen molar-refractivity contribution < 1.29 is 9.47 Å². The number of halogens is 1. The first-order valence-corrected chi connectivity index (χ1v) is 6.96. The largest absolute Gasteiger partial charge is 0.454 e. The highest BCUT2D eigenvalue weighted by Gasteiger charge is 2.13. The summed E-state index contributed by atoms with van der Waals surface area (Å²) in [4.78, 5) is 4.24. The molecule has 1 heterocycles. The average Bonchev–Trinajstić information content (AvgIpc) is 2.90. The van der Waals surface area contributed by atoms with Crippen LogP contribution < -0.4 is 20.1 Å². The Morgan fingerprint density at radius 1 is 1.24 bits per heavy atom. The Balaban J connectivity index is 0.00000220. The Bertz CT molecular complexity index is 492. The van der Waals surface area contributed by atoms with E-state index >= 15 is 0 Å². The van der Waals surface area contributed by atoms with Gasteiger partial charge in [0.25, 0.3) is 0 Å². The van der Waals surface area contributed by atoms with E-state index in [1.165, 1.54) is 0 Å². The molecule has 0 fully saturated rings. The van der Waals surface area contributed by atoms with Crippen molar-refractivity contribution in [1.29, 1.82) is 0 Å². The van der Waals surface area contributed by atoms with E-state index in [1.807, 2.05) is 18.2 Å². The second kappa shape index (κ2) is 8.31. The Morgan fingerprint density at radius 2 is 1.95 bits per heavy atom. The van der Waals surface area contributed by atoms with Gasteiger partial charge in [-0.2, -0.15) is 0 Å². The number of aliphatic imine (C=N–C) groups is 1. The number of hydrogen-bond donors (Lipinski definition) is 2. The summed E-state index contributed by atoms with van der Waals surface area (Å²) in [6.07, 6.45) is 0. The van der Waals surface area contributed by atoms with Gasteiger partial charge in [0.15, 0.2) is 17.5 Å². The maximum atomic E-state index is 5.37. The van der Waals surface area contributed by atoms with E-state index in [9.17, 15) is 0 Å². The highest BCUT2D eigenvalue weighted by atomic mass is 127. The van der Waals surface area contributed by atoms with Crippen molar-refractivity contribution in [3.05, 3.63) is 23.8 Å². The normalized spacial score (nSPS) is 14.6. The number of ether oxygens (including phenoxy) is 2. The van der Waals surface area contributed by atoms with Gasteiger partial charge in [-0.15, -0.1) is 24.0 Å². The molecule has 6 heteroatoms. The molecule has 1 aliphatic rings. The Hall–Kier alpha value is -1.18. The first kappa shape index (κ1) is 17.9. The fraction of sp³-hybridized carbons (Fsp3) is 0.533. The van der Waals surface area contributed by atoms with Gasteiger partial charge in [-0.05, 0) is 30.5 Å². The molecular weight excluding hydrogens is 381 g/mol. The summed E-state index contributed by atoms with van der Waals surface area (Å²) in [7, 11) is 1.78. The zero-order valence-corrected chi connectivity index (χ0v) is 15.3. The maximum absolute atomic E-state index is 5.37. The van der Waals surface area contributed by atoms with Crippen molar-refractivity contribution >= 4 is 29.9 Å². The lowest BCUT2D eigenvalue weighted by molar-refractivity contribution is 0.174. The number of nitrogens with zero attached hydrogens (tertiary/aromatic N) is 1. The molecule has 1 aromatic rings. The Kier molecular flexibility index (Phi) is 7.07. The van der Waals surface area contributed by atoms with Gasteiger partial charge in [0.05, 0.1) is 0 Å². The predicted molar refractivity (Wildman–Crippen MR) is 95.6 cm³/mol. The van der Waals surface area contributed by atoms with E-state index in [2.05, 4.69) is 36.4 Å². The van der Waals surface area contributed by atoms with Crippen LogP contribution in [0, 0.1) is 5.92 Å². The van der Waals surface area contributed by atoms with Gasteiger partial charge in [0, 0.05) is 19.6 Å². The highest BCUT2D eigenvalue weighted by molar-refractivity contribution is 14.0. The zero-order chi connectivity index (χ0) is 14.5. The molecule has 0 amide bonds. The molecule has 0 aliphatic carbocycles. The summed E-state index contributed by atoms with van der Waals surface area (Å²) in [6.45, 7) is 7.52. The van der Waals surface area contributed by atoms with E-state index in [0.29, 0.717) is 25.3 Å². The lowest BCUT2D eigenvalue weighted by atomic mass is 10.1. The molecule has 118 valence electrons. The molecule has 5 nitrogen and oxygen atoms in total. The number of nitrogens with one attached hydrogen (secondary N) is 2. The van der Waals surface area contributed by atoms with Gasteiger partial charge in [-0.1, -0.05) is 19.9 Å². The van der Waals surface area contributed by atoms with Crippen LogP contribution >= 0.6 is 24.0 Å². The van der Waals surface area contributed by atoms with Gasteiger partial charge in [-0.25, -0.2) is 0 Å². The van der Waals surface area contributed by atoms with Crippen molar-refractivity contribution in [3.8, 4) is 11.5 Å². The van der Waals surface area contributed by atoms with Crippen LogP contribution in [0.25, 0.3) is 0 Å².